The van der Waals surface area contributed by atoms with E-state index in [1.54, 1.807) is 29.6 Å². The third-order valence-electron chi connectivity index (χ3n) is 3.83. The molecule has 142 valence electrons. The number of benzene rings is 2. The lowest BCUT2D eigenvalue weighted by Gasteiger charge is -2.08. The number of primary amides is 1. The monoisotopic (exact) mass is 435 g/mol. The number of rotatable bonds is 5. The molecule has 0 aliphatic carbocycles. The Morgan fingerprint density at radius 2 is 1.79 bits per heavy atom. The maximum absolute atomic E-state index is 12.6. The van der Waals surface area contributed by atoms with E-state index < -0.39 is 16.7 Å². The lowest BCUT2D eigenvalue weighted by molar-refractivity contribution is -0.384. The van der Waals surface area contributed by atoms with Gasteiger partial charge < -0.3 is 11.1 Å². The van der Waals surface area contributed by atoms with Gasteiger partial charge in [0.2, 0.25) is 0 Å². The van der Waals surface area contributed by atoms with Gasteiger partial charge in [0.15, 0.2) is 0 Å². The summed E-state index contributed by atoms with van der Waals surface area (Å²) in [6.45, 7) is 0. The van der Waals surface area contributed by atoms with Gasteiger partial charge in [-0.05, 0) is 23.8 Å². The molecule has 0 unspecified atom stereocenters. The highest BCUT2D eigenvalue weighted by atomic mass is 35.5. The van der Waals surface area contributed by atoms with E-state index in [0.29, 0.717) is 16.1 Å². The molecule has 10 heteroatoms. The Morgan fingerprint density at radius 1 is 1.11 bits per heavy atom. The summed E-state index contributed by atoms with van der Waals surface area (Å²) in [6.07, 6.45) is 0. The number of hydrogen-bond acceptors (Lipinski definition) is 5. The highest BCUT2D eigenvalue weighted by Crippen LogP contribution is 2.36. The molecule has 3 rings (SSSR count). The number of nitro benzene ring substituents is 1. The quantitative estimate of drug-likeness (QED) is 0.433. The number of hydrogen-bond donors (Lipinski definition) is 2. The Hall–Kier alpha value is -2.94. The van der Waals surface area contributed by atoms with Gasteiger partial charge in [-0.2, -0.15) is 0 Å². The summed E-state index contributed by atoms with van der Waals surface area (Å²) in [7, 11) is 0. The van der Waals surface area contributed by atoms with Crippen LogP contribution < -0.4 is 11.1 Å². The van der Waals surface area contributed by atoms with Crippen LogP contribution in [0.25, 0.3) is 11.1 Å². The van der Waals surface area contributed by atoms with Gasteiger partial charge in [0, 0.05) is 28.1 Å². The highest BCUT2D eigenvalue weighted by Gasteiger charge is 2.22. The van der Waals surface area contributed by atoms with Crippen molar-refractivity contribution in [2.45, 2.75) is 0 Å². The summed E-state index contributed by atoms with van der Waals surface area (Å²) in [4.78, 5) is 34.7. The maximum atomic E-state index is 12.6. The van der Waals surface area contributed by atoms with Gasteiger partial charge >= 0.3 is 0 Å². The fourth-order valence-corrected chi connectivity index (χ4v) is 3.86. The summed E-state index contributed by atoms with van der Waals surface area (Å²) >= 11 is 13.0. The first kappa shape index (κ1) is 19.8. The number of nitrogens with one attached hydrogen (secondary N) is 1. The molecule has 0 aliphatic heterocycles. The zero-order valence-electron chi connectivity index (χ0n) is 13.9. The molecule has 28 heavy (non-hydrogen) atoms. The molecule has 3 aromatic rings. The first-order valence-electron chi connectivity index (χ1n) is 7.70. The summed E-state index contributed by atoms with van der Waals surface area (Å²) < 4.78 is 0. The van der Waals surface area contributed by atoms with Crippen molar-refractivity contribution in [2.75, 3.05) is 5.32 Å². The van der Waals surface area contributed by atoms with Crippen LogP contribution in [0.2, 0.25) is 10.0 Å². The lowest BCUT2D eigenvalue weighted by atomic mass is 10.0. The number of nitrogens with two attached hydrogens (primary N) is 1. The van der Waals surface area contributed by atoms with Gasteiger partial charge in [-0.25, -0.2) is 0 Å². The van der Waals surface area contributed by atoms with E-state index in [0.717, 1.165) is 17.4 Å². The molecular formula is C18H11Cl2N3O4S. The summed E-state index contributed by atoms with van der Waals surface area (Å²) in [5.41, 5.74) is 6.73. The Bertz CT molecular complexity index is 1100. The molecule has 7 nitrogen and oxygen atoms in total. The molecule has 0 atom stereocenters. The molecule has 1 heterocycles. The molecule has 2 aromatic carbocycles. The molecule has 0 saturated carbocycles. The lowest BCUT2D eigenvalue weighted by Crippen LogP contribution is -2.17. The van der Waals surface area contributed by atoms with Crippen molar-refractivity contribution in [1.29, 1.82) is 0 Å². The number of carbonyl (C=O) groups is 2. The van der Waals surface area contributed by atoms with Gasteiger partial charge in [0.1, 0.15) is 5.00 Å². The maximum Gasteiger partial charge on any atom is 0.270 e. The highest BCUT2D eigenvalue weighted by molar-refractivity contribution is 7.15. The van der Waals surface area contributed by atoms with Gasteiger partial charge in [0.05, 0.1) is 21.1 Å². The molecule has 0 bridgehead atoms. The minimum absolute atomic E-state index is 0.0316. The number of nitrogens with zero attached hydrogens (tertiary/aromatic N) is 1. The topological polar surface area (TPSA) is 115 Å². The Kier molecular flexibility index (Phi) is 5.64. The van der Waals surface area contributed by atoms with E-state index >= 15 is 0 Å². The molecule has 0 radical (unpaired) electrons. The predicted octanol–water partition coefficient (Wildman–Crippen LogP) is 4.98. The van der Waals surface area contributed by atoms with Crippen molar-refractivity contribution in [3.8, 4) is 11.1 Å². The second-order valence-electron chi connectivity index (χ2n) is 5.60. The van der Waals surface area contributed by atoms with Crippen molar-refractivity contribution in [3.05, 3.63) is 79.1 Å². The van der Waals surface area contributed by atoms with Gasteiger partial charge in [-0.3, -0.25) is 19.7 Å². The van der Waals surface area contributed by atoms with Crippen LogP contribution in [-0.4, -0.2) is 16.7 Å². The number of carbonyl (C=O) groups excluding carboxylic acids is 2. The zero-order chi connectivity index (χ0) is 20.4. The minimum atomic E-state index is -0.712. The van der Waals surface area contributed by atoms with E-state index in [1.807, 2.05) is 0 Å². The molecular weight excluding hydrogens is 425 g/mol. The minimum Gasteiger partial charge on any atom is -0.365 e. The average Bonchev–Trinajstić information content (AvgIpc) is 3.05. The first-order chi connectivity index (χ1) is 13.3. The van der Waals surface area contributed by atoms with Crippen LogP contribution in [0.4, 0.5) is 10.7 Å². The van der Waals surface area contributed by atoms with Crippen LogP contribution in [0, 0.1) is 10.1 Å². The number of amides is 2. The van der Waals surface area contributed by atoms with Crippen molar-refractivity contribution in [1.82, 2.24) is 0 Å². The number of anilines is 1. The summed E-state index contributed by atoms with van der Waals surface area (Å²) in [6, 6.07) is 10.3. The molecule has 0 saturated heterocycles. The van der Waals surface area contributed by atoms with Crippen molar-refractivity contribution in [3.63, 3.8) is 0 Å². The SMILES string of the molecule is NC(=O)c1c(-c2ccc(Cl)cc2)csc1NC(=O)c1ccc([N+](=O)[O-])cc1Cl. The Labute approximate surface area is 172 Å². The molecule has 0 fully saturated rings. The van der Waals surface area contributed by atoms with Crippen LogP contribution in [0.5, 0.6) is 0 Å². The van der Waals surface area contributed by atoms with Crippen molar-refractivity contribution >= 4 is 57.0 Å². The Balaban J connectivity index is 1.94. The van der Waals surface area contributed by atoms with E-state index in [1.165, 1.54) is 12.1 Å². The molecule has 3 N–H and O–H groups in total. The molecule has 2 amide bonds. The number of halogens is 2. The largest absolute Gasteiger partial charge is 0.365 e. The number of non-ortho nitro benzene ring substituents is 1. The van der Waals surface area contributed by atoms with E-state index in [-0.39, 0.29) is 26.8 Å². The standard InChI is InChI=1S/C18H11Cl2N3O4S/c19-10-3-1-9(2-4-10)13-8-28-18(15(13)16(21)24)22-17(25)12-6-5-11(23(26)27)7-14(12)20/h1-8H,(H2,21,24)(H,22,25). The zero-order valence-corrected chi connectivity index (χ0v) is 16.3. The van der Waals surface area contributed by atoms with Crippen LogP contribution in [-0.2, 0) is 0 Å². The third-order valence-corrected chi connectivity index (χ3v) is 5.29. The molecule has 0 spiro atoms. The van der Waals surface area contributed by atoms with Crippen LogP contribution in [0.1, 0.15) is 20.7 Å². The van der Waals surface area contributed by atoms with Crippen LogP contribution in [0.3, 0.4) is 0 Å². The summed E-state index contributed by atoms with van der Waals surface area (Å²) in [5.74, 6) is -1.33. The smallest absolute Gasteiger partial charge is 0.270 e. The third kappa shape index (κ3) is 3.99. The van der Waals surface area contributed by atoms with E-state index in [2.05, 4.69) is 5.32 Å². The number of nitro groups is 1. The molecule has 1 aromatic heterocycles. The normalized spacial score (nSPS) is 10.5. The van der Waals surface area contributed by atoms with E-state index in [9.17, 15) is 19.7 Å². The average molecular weight is 436 g/mol. The van der Waals surface area contributed by atoms with Crippen molar-refractivity contribution in [2.24, 2.45) is 5.73 Å². The second kappa shape index (κ2) is 7.97. The Morgan fingerprint density at radius 3 is 2.36 bits per heavy atom. The van der Waals surface area contributed by atoms with E-state index in [4.69, 9.17) is 28.9 Å². The number of thiophene rings is 1. The van der Waals surface area contributed by atoms with Crippen molar-refractivity contribution < 1.29 is 14.5 Å². The van der Waals surface area contributed by atoms with Gasteiger partial charge in [-0.1, -0.05) is 35.3 Å². The fraction of sp³-hybridized carbons (Fsp3) is 0. The fourth-order valence-electron chi connectivity index (χ4n) is 2.51. The second-order valence-corrected chi connectivity index (χ2v) is 7.32. The first-order valence-corrected chi connectivity index (χ1v) is 9.34. The van der Waals surface area contributed by atoms with Gasteiger partial charge in [0.25, 0.3) is 17.5 Å². The van der Waals surface area contributed by atoms with Crippen LogP contribution >= 0.6 is 34.5 Å². The summed E-state index contributed by atoms with van der Waals surface area (Å²) in [5, 5.41) is 15.8. The predicted molar refractivity (Wildman–Crippen MR) is 109 cm³/mol. The van der Waals surface area contributed by atoms with Crippen LogP contribution in [0.15, 0.2) is 47.8 Å². The van der Waals surface area contributed by atoms with Gasteiger partial charge in [-0.15, -0.1) is 11.3 Å². The molecule has 0 aliphatic rings.